The zero-order valence-electron chi connectivity index (χ0n) is 13.0. The molecule has 0 N–H and O–H groups in total. The molecular weight excluding hydrogens is 343 g/mol. The van der Waals surface area contributed by atoms with Crippen LogP contribution >= 0.6 is 0 Å². The van der Waals surface area contributed by atoms with Crippen LogP contribution in [0.1, 0.15) is 0 Å². The molecule has 22 heavy (non-hydrogen) atoms. The molecule has 0 aliphatic heterocycles. The van der Waals surface area contributed by atoms with Gasteiger partial charge in [-0.05, 0) is 5.56 Å². The van der Waals surface area contributed by atoms with Gasteiger partial charge in [0.2, 0.25) is 0 Å². The van der Waals surface area contributed by atoms with Gasteiger partial charge in [-0.3, -0.25) is 0 Å². The van der Waals surface area contributed by atoms with Gasteiger partial charge in [-0.1, -0.05) is 66.2 Å². The molecule has 0 atom stereocenters. The molecule has 0 aliphatic carbocycles. The predicted molar refractivity (Wildman–Crippen MR) is 95.3 cm³/mol. The summed E-state index contributed by atoms with van der Waals surface area (Å²) in [5.41, 5.74) is 2.60. The van der Waals surface area contributed by atoms with E-state index in [9.17, 15) is 0 Å². The first kappa shape index (κ1) is 18.5. The summed E-state index contributed by atoms with van der Waals surface area (Å²) in [6, 6.07) is 28.0. The molecule has 0 heterocycles. The van der Waals surface area contributed by atoms with Crippen molar-refractivity contribution in [2.45, 2.75) is 0 Å². The van der Waals surface area contributed by atoms with Crippen molar-refractivity contribution in [3.63, 3.8) is 0 Å². The molecule has 1 radical (unpaired) electrons. The first-order chi connectivity index (χ1) is 9.43. The third kappa shape index (κ3) is 2.96. The van der Waals surface area contributed by atoms with E-state index in [2.05, 4.69) is 78.9 Å². The van der Waals surface area contributed by atoms with E-state index in [1.165, 1.54) is 32.7 Å². The molecule has 0 unspecified atom stereocenters. The Balaban J connectivity index is 0.000000807. The SMILES string of the molecule is [CH3-].[CH3-].[Zr+3].c1ccc(-c2cccc3[cH-]c4ccccc4c23)cc1. The molecule has 0 saturated carbocycles. The van der Waals surface area contributed by atoms with Gasteiger partial charge in [0.05, 0.1) is 0 Å². The smallest absolute Gasteiger partial charge is 0.358 e. The minimum atomic E-state index is 0. The molecule has 1 heteroatoms. The van der Waals surface area contributed by atoms with Gasteiger partial charge in [0.1, 0.15) is 0 Å². The summed E-state index contributed by atoms with van der Waals surface area (Å²) in [6.07, 6.45) is 0. The van der Waals surface area contributed by atoms with Gasteiger partial charge < -0.3 is 14.9 Å². The fraction of sp³-hybridized carbons (Fsp3) is 0. The van der Waals surface area contributed by atoms with Crippen LogP contribution in [-0.4, -0.2) is 0 Å². The molecule has 0 fully saturated rings. The number of rotatable bonds is 1. The zero-order chi connectivity index (χ0) is 12.7. The molecule has 0 nitrogen and oxygen atoms in total. The fourth-order valence-corrected chi connectivity index (χ4v) is 2.87. The number of hydrogen-bond acceptors (Lipinski definition) is 0. The quantitative estimate of drug-likeness (QED) is 0.350. The molecule has 0 saturated heterocycles. The summed E-state index contributed by atoms with van der Waals surface area (Å²) in [4.78, 5) is 0. The van der Waals surface area contributed by atoms with Gasteiger partial charge in [-0.15, -0.1) is 39.7 Å². The Labute approximate surface area is 152 Å². The maximum absolute atomic E-state index is 2.27. The summed E-state index contributed by atoms with van der Waals surface area (Å²) in [5, 5.41) is 5.35. The summed E-state index contributed by atoms with van der Waals surface area (Å²) in [6.45, 7) is 0. The molecule has 0 spiro atoms. The van der Waals surface area contributed by atoms with E-state index in [4.69, 9.17) is 0 Å². The minimum Gasteiger partial charge on any atom is -0.358 e. The van der Waals surface area contributed by atoms with Gasteiger partial charge in [-0.25, -0.2) is 0 Å². The number of benzene rings is 3. The van der Waals surface area contributed by atoms with Crippen molar-refractivity contribution in [3.05, 3.63) is 93.7 Å². The Morgan fingerprint density at radius 1 is 0.591 bits per heavy atom. The Hall–Kier alpha value is -1.59. The van der Waals surface area contributed by atoms with Gasteiger partial charge >= 0.3 is 26.2 Å². The molecule has 0 bridgehead atoms. The topological polar surface area (TPSA) is 0 Å². The van der Waals surface area contributed by atoms with Crippen LogP contribution in [-0.2, 0) is 26.2 Å². The maximum Gasteiger partial charge on any atom is 3.00 e. The van der Waals surface area contributed by atoms with Gasteiger partial charge in [0.25, 0.3) is 0 Å². The van der Waals surface area contributed by atoms with Crippen molar-refractivity contribution < 1.29 is 26.2 Å². The van der Waals surface area contributed by atoms with E-state index in [0.717, 1.165) is 0 Å². The van der Waals surface area contributed by atoms with E-state index in [-0.39, 0.29) is 41.1 Å². The average molecular weight is 363 g/mol. The monoisotopic (exact) mass is 361 g/mol. The third-order valence-electron chi connectivity index (χ3n) is 3.72. The zero-order valence-corrected chi connectivity index (χ0v) is 15.5. The largest absolute Gasteiger partial charge is 3.00 e. The average Bonchev–Trinajstić information content (AvgIpc) is 2.86. The molecule has 0 aliphatic rings. The molecule has 4 aromatic rings. The standard InChI is InChI=1S/C19H13.2CH3.Zr/c1-2-7-14(8-3-1)17-12-6-10-16-13-15-9-4-5-11-18(15)19(16)17;;;/h1-13H;2*1H3;/q3*-1;+3. The molecule has 0 amide bonds. The van der Waals surface area contributed by atoms with E-state index in [0.29, 0.717) is 0 Å². The molecule has 0 aromatic heterocycles. The van der Waals surface area contributed by atoms with Crippen molar-refractivity contribution in [2.75, 3.05) is 0 Å². The molecule has 4 rings (SSSR count). The second-order valence-corrected chi connectivity index (χ2v) is 4.87. The summed E-state index contributed by atoms with van der Waals surface area (Å²) >= 11 is 0. The predicted octanol–water partition coefficient (Wildman–Crippen LogP) is 6.28. The Morgan fingerprint density at radius 2 is 1.23 bits per heavy atom. The van der Waals surface area contributed by atoms with Crippen LogP contribution in [0.5, 0.6) is 0 Å². The minimum absolute atomic E-state index is 0. The van der Waals surface area contributed by atoms with Crippen LogP contribution in [0.2, 0.25) is 0 Å². The number of fused-ring (bicyclic) bond motifs is 3. The van der Waals surface area contributed by atoms with Gasteiger partial charge in [0.15, 0.2) is 0 Å². The van der Waals surface area contributed by atoms with Crippen molar-refractivity contribution in [1.29, 1.82) is 0 Å². The van der Waals surface area contributed by atoms with E-state index >= 15 is 0 Å². The summed E-state index contributed by atoms with van der Waals surface area (Å²) in [7, 11) is 0. The van der Waals surface area contributed by atoms with Crippen LogP contribution in [0.3, 0.4) is 0 Å². The van der Waals surface area contributed by atoms with E-state index in [1.54, 1.807) is 0 Å². The van der Waals surface area contributed by atoms with Gasteiger partial charge in [0, 0.05) is 0 Å². The maximum atomic E-state index is 2.27. The normalized spacial score (nSPS) is 9.64. The Kier molecular flexibility index (Phi) is 6.38. The van der Waals surface area contributed by atoms with Crippen molar-refractivity contribution in [3.8, 4) is 11.1 Å². The first-order valence-electron chi connectivity index (χ1n) is 6.56. The van der Waals surface area contributed by atoms with Crippen molar-refractivity contribution in [1.82, 2.24) is 0 Å². The summed E-state index contributed by atoms with van der Waals surface area (Å²) in [5.74, 6) is 0. The molecular formula is C21H19Zr. The summed E-state index contributed by atoms with van der Waals surface area (Å²) < 4.78 is 0. The van der Waals surface area contributed by atoms with Gasteiger partial charge in [-0.2, -0.15) is 0 Å². The van der Waals surface area contributed by atoms with Crippen molar-refractivity contribution in [2.24, 2.45) is 0 Å². The molecule has 107 valence electrons. The van der Waals surface area contributed by atoms with E-state index in [1.807, 2.05) is 0 Å². The molecule has 4 aromatic carbocycles. The fourth-order valence-electron chi connectivity index (χ4n) is 2.87. The van der Waals surface area contributed by atoms with E-state index < -0.39 is 0 Å². The van der Waals surface area contributed by atoms with Crippen molar-refractivity contribution >= 4 is 21.5 Å². The van der Waals surface area contributed by atoms with Crippen LogP contribution in [0.25, 0.3) is 32.7 Å². The van der Waals surface area contributed by atoms with Crippen LogP contribution < -0.4 is 0 Å². The van der Waals surface area contributed by atoms with Crippen LogP contribution in [0.4, 0.5) is 0 Å². The van der Waals surface area contributed by atoms with Crippen LogP contribution in [0, 0.1) is 14.9 Å². The Bertz CT molecular complexity index is 857. The van der Waals surface area contributed by atoms with Crippen LogP contribution in [0.15, 0.2) is 78.9 Å². The second-order valence-electron chi connectivity index (χ2n) is 4.87. The second kappa shape index (κ2) is 7.61. The third-order valence-corrected chi connectivity index (χ3v) is 3.72. The number of hydrogen-bond donors (Lipinski definition) is 0. The Morgan fingerprint density at radius 3 is 2.00 bits per heavy atom. The first-order valence-corrected chi connectivity index (χ1v) is 6.56.